The van der Waals surface area contributed by atoms with E-state index in [1.54, 1.807) is 29.8 Å². The first-order valence-corrected chi connectivity index (χ1v) is 11.2. The first-order chi connectivity index (χ1) is 16.0. The molecule has 2 aromatic carbocycles. The van der Waals surface area contributed by atoms with Crippen LogP contribution in [0.2, 0.25) is 0 Å². The van der Waals surface area contributed by atoms with Gasteiger partial charge in [0.2, 0.25) is 5.95 Å². The average Bonchev–Trinajstić information content (AvgIpc) is 3.20. The molecule has 0 radical (unpaired) electrons. The van der Waals surface area contributed by atoms with Crippen molar-refractivity contribution in [1.82, 2.24) is 19.1 Å². The number of nitrogens with one attached hydrogen (secondary N) is 1. The van der Waals surface area contributed by atoms with Gasteiger partial charge in [0.1, 0.15) is 5.82 Å². The molecule has 0 aliphatic carbocycles. The maximum absolute atomic E-state index is 14.5. The highest BCUT2D eigenvalue weighted by atomic mass is 19.1. The van der Waals surface area contributed by atoms with Crippen molar-refractivity contribution >= 4 is 17.1 Å². The quantitative estimate of drug-likeness (QED) is 0.510. The topological polar surface area (TPSA) is 75.9 Å². The van der Waals surface area contributed by atoms with Gasteiger partial charge in [-0.25, -0.2) is 9.18 Å². The van der Waals surface area contributed by atoms with Crippen molar-refractivity contribution in [2.24, 2.45) is 13.0 Å². The molecule has 0 saturated carbocycles. The van der Waals surface area contributed by atoms with E-state index in [0.29, 0.717) is 23.1 Å². The molecule has 0 amide bonds. The first kappa shape index (κ1) is 21.2. The van der Waals surface area contributed by atoms with Crippen LogP contribution < -0.4 is 16.1 Å². The second-order valence-electron chi connectivity index (χ2n) is 8.70. The SMILES string of the molecule is Cn1c(=O)[nH]c(=O)c2c1nc(N1CCC(Cc3ccccc3)CC1)n2Cc1ccccc1F. The highest BCUT2D eigenvalue weighted by Gasteiger charge is 2.26. The zero-order chi connectivity index (χ0) is 22.9. The van der Waals surface area contributed by atoms with Gasteiger partial charge in [0, 0.05) is 25.7 Å². The lowest BCUT2D eigenvalue weighted by Gasteiger charge is -2.33. The minimum absolute atomic E-state index is 0.156. The maximum atomic E-state index is 14.5. The van der Waals surface area contributed by atoms with Gasteiger partial charge in [-0.1, -0.05) is 48.5 Å². The zero-order valence-corrected chi connectivity index (χ0v) is 18.5. The van der Waals surface area contributed by atoms with Gasteiger partial charge in [-0.2, -0.15) is 4.98 Å². The number of aromatic amines is 1. The number of H-pyrrole nitrogens is 1. The number of halogens is 1. The van der Waals surface area contributed by atoms with Crippen LogP contribution in [0.4, 0.5) is 10.3 Å². The third-order valence-electron chi connectivity index (χ3n) is 6.54. The molecular weight excluding hydrogens is 421 g/mol. The summed E-state index contributed by atoms with van der Waals surface area (Å²) in [5, 5.41) is 0. The number of imidazole rings is 1. The predicted octanol–water partition coefficient (Wildman–Crippen LogP) is 3.07. The van der Waals surface area contributed by atoms with E-state index < -0.39 is 11.2 Å². The number of hydrogen-bond donors (Lipinski definition) is 1. The lowest BCUT2D eigenvalue weighted by Crippen LogP contribution is -2.36. The molecule has 170 valence electrons. The van der Waals surface area contributed by atoms with Crippen molar-refractivity contribution in [3.63, 3.8) is 0 Å². The third kappa shape index (κ3) is 4.08. The molecule has 1 N–H and O–H groups in total. The summed E-state index contributed by atoms with van der Waals surface area (Å²) in [4.78, 5) is 34.1. The monoisotopic (exact) mass is 447 g/mol. The van der Waals surface area contributed by atoms with Gasteiger partial charge in [0.15, 0.2) is 11.2 Å². The van der Waals surface area contributed by atoms with Gasteiger partial charge in [-0.15, -0.1) is 0 Å². The summed E-state index contributed by atoms with van der Waals surface area (Å²) in [5.41, 5.74) is 1.36. The summed E-state index contributed by atoms with van der Waals surface area (Å²) >= 11 is 0. The lowest BCUT2D eigenvalue weighted by atomic mass is 9.90. The van der Waals surface area contributed by atoms with Gasteiger partial charge in [-0.3, -0.25) is 18.9 Å². The molecule has 1 fully saturated rings. The Morgan fingerprint density at radius 2 is 1.73 bits per heavy atom. The van der Waals surface area contributed by atoms with Gasteiger partial charge in [0.05, 0.1) is 6.54 Å². The normalized spacial score (nSPS) is 14.8. The number of aryl methyl sites for hydroxylation is 1. The average molecular weight is 448 g/mol. The summed E-state index contributed by atoms with van der Waals surface area (Å²) in [6.07, 6.45) is 3.02. The minimum atomic E-state index is -0.517. The van der Waals surface area contributed by atoms with Crippen molar-refractivity contribution in [2.75, 3.05) is 18.0 Å². The van der Waals surface area contributed by atoms with E-state index in [0.717, 1.165) is 32.4 Å². The Labute approximate surface area is 190 Å². The Morgan fingerprint density at radius 1 is 1.03 bits per heavy atom. The van der Waals surface area contributed by atoms with E-state index in [1.807, 2.05) is 6.07 Å². The molecule has 0 spiro atoms. The van der Waals surface area contributed by atoms with E-state index in [1.165, 1.54) is 16.2 Å². The van der Waals surface area contributed by atoms with Crippen molar-refractivity contribution in [2.45, 2.75) is 25.8 Å². The molecule has 3 heterocycles. The van der Waals surface area contributed by atoms with Crippen LogP contribution in [0.5, 0.6) is 0 Å². The summed E-state index contributed by atoms with van der Waals surface area (Å²) in [7, 11) is 1.58. The van der Waals surface area contributed by atoms with Crippen LogP contribution in [-0.4, -0.2) is 32.2 Å². The van der Waals surface area contributed by atoms with E-state index in [9.17, 15) is 14.0 Å². The lowest BCUT2D eigenvalue weighted by molar-refractivity contribution is 0.398. The number of hydrogen-bond acceptors (Lipinski definition) is 4. The highest BCUT2D eigenvalue weighted by molar-refractivity contribution is 5.74. The summed E-state index contributed by atoms with van der Waals surface area (Å²) in [6.45, 7) is 1.72. The van der Waals surface area contributed by atoms with Crippen molar-refractivity contribution in [3.8, 4) is 0 Å². The number of rotatable bonds is 5. The molecule has 0 unspecified atom stereocenters. The third-order valence-corrected chi connectivity index (χ3v) is 6.54. The molecule has 8 heteroatoms. The van der Waals surface area contributed by atoms with Gasteiger partial charge >= 0.3 is 5.69 Å². The molecule has 1 saturated heterocycles. The molecule has 1 aliphatic heterocycles. The molecule has 4 aromatic rings. The molecule has 0 atom stereocenters. The number of piperidine rings is 1. The summed E-state index contributed by atoms with van der Waals surface area (Å²) in [5.74, 6) is 0.826. The van der Waals surface area contributed by atoms with Gasteiger partial charge in [-0.05, 0) is 36.8 Å². The van der Waals surface area contributed by atoms with E-state index in [2.05, 4.69) is 34.1 Å². The Balaban J connectivity index is 1.49. The van der Waals surface area contributed by atoms with Crippen LogP contribution in [0.15, 0.2) is 64.2 Å². The summed E-state index contributed by atoms with van der Waals surface area (Å²) in [6, 6.07) is 17.0. The molecular formula is C25H26FN5O2. The van der Waals surface area contributed by atoms with E-state index in [-0.39, 0.29) is 17.9 Å². The molecule has 33 heavy (non-hydrogen) atoms. The standard InChI is InChI=1S/C25H26FN5O2/c1-29-22-21(23(32)28-25(29)33)31(16-19-9-5-6-10-20(19)26)24(27-22)30-13-11-18(12-14-30)15-17-7-3-2-4-8-17/h2-10,18H,11-16H2,1H3,(H,28,32,33). The zero-order valence-electron chi connectivity index (χ0n) is 18.5. The van der Waals surface area contributed by atoms with Crippen LogP contribution in [0.1, 0.15) is 24.0 Å². The van der Waals surface area contributed by atoms with Gasteiger partial charge < -0.3 is 4.90 Å². The van der Waals surface area contributed by atoms with E-state index >= 15 is 0 Å². The number of fused-ring (bicyclic) bond motifs is 1. The number of aromatic nitrogens is 4. The smallest absolute Gasteiger partial charge is 0.329 e. The van der Waals surface area contributed by atoms with Crippen molar-refractivity contribution in [3.05, 3.63) is 92.4 Å². The summed E-state index contributed by atoms with van der Waals surface area (Å²) < 4.78 is 17.5. The predicted molar refractivity (Wildman–Crippen MR) is 126 cm³/mol. The highest BCUT2D eigenvalue weighted by Crippen LogP contribution is 2.28. The number of benzene rings is 2. The molecule has 2 aromatic heterocycles. The Morgan fingerprint density at radius 3 is 2.45 bits per heavy atom. The second-order valence-corrected chi connectivity index (χ2v) is 8.70. The maximum Gasteiger partial charge on any atom is 0.329 e. The molecule has 7 nitrogen and oxygen atoms in total. The van der Waals surface area contributed by atoms with Gasteiger partial charge in [0.25, 0.3) is 5.56 Å². The Bertz CT molecular complexity index is 1400. The van der Waals surface area contributed by atoms with E-state index in [4.69, 9.17) is 4.98 Å². The van der Waals surface area contributed by atoms with Crippen LogP contribution >= 0.6 is 0 Å². The fraction of sp³-hybridized carbons (Fsp3) is 0.320. The minimum Gasteiger partial charge on any atom is -0.342 e. The number of nitrogens with zero attached hydrogens (tertiary/aromatic N) is 4. The fourth-order valence-electron chi connectivity index (χ4n) is 4.70. The van der Waals surface area contributed by atoms with Crippen LogP contribution in [-0.2, 0) is 20.0 Å². The molecule has 5 rings (SSSR count). The largest absolute Gasteiger partial charge is 0.342 e. The van der Waals surface area contributed by atoms with Crippen molar-refractivity contribution < 1.29 is 4.39 Å². The van der Waals surface area contributed by atoms with Crippen LogP contribution in [0.3, 0.4) is 0 Å². The number of anilines is 1. The van der Waals surface area contributed by atoms with Crippen LogP contribution in [0, 0.1) is 11.7 Å². The fourth-order valence-corrected chi connectivity index (χ4v) is 4.70. The first-order valence-electron chi connectivity index (χ1n) is 11.2. The molecule has 0 bridgehead atoms. The van der Waals surface area contributed by atoms with Crippen LogP contribution in [0.25, 0.3) is 11.2 Å². The van der Waals surface area contributed by atoms with Crippen molar-refractivity contribution in [1.29, 1.82) is 0 Å². The second kappa shape index (κ2) is 8.69. The Kier molecular flexibility index (Phi) is 5.58. The molecule has 1 aliphatic rings. The Hall–Kier alpha value is -3.68.